The topological polar surface area (TPSA) is 31.2 Å². The van der Waals surface area contributed by atoms with E-state index >= 15 is 0 Å². The number of rotatable bonds is 2. The monoisotopic (exact) mass is 295 g/mol. The van der Waals surface area contributed by atoms with Gasteiger partial charge in [-0.05, 0) is 37.6 Å². The number of hydrogen-bond donors (Lipinski definition) is 0. The van der Waals surface area contributed by atoms with Gasteiger partial charge in [0.1, 0.15) is 5.69 Å². The molecule has 0 amide bonds. The van der Waals surface area contributed by atoms with Gasteiger partial charge in [-0.3, -0.25) is 0 Å². The van der Waals surface area contributed by atoms with E-state index in [1.54, 1.807) is 0 Å². The Balaban J connectivity index is 2.68. The van der Waals surface area contributed by atoms with Crippen LogP contribution in [0.2, 0.25) is 0 Å². The predicted molar refractivity (Wildman–Crippen MR) is 71.3 cm³/mol. The molecule has 4 heteroatoms. The maximum Gasteiger partial charge on any atom is 0.355 e. The molecule has 0 fully saturated rings. The molecule has 1 heterocycles. The molecule has 2 rings (SSSR count). The van der Waals surface area contributed by atoms with Crippen LogP contribution in [0.4, 0.5) is 0 Å². The highest BCUT2D eigenvalue weighted by Crippen LogP contribution is 2.27. The quantitative estimate of drug-likeness (QED) is 0.795. The molecule has 0 radical (unpaired) electrons. The molecular formula is C13H14BrNO2. The Morgan fingerprint density at radius 1 is 1.47 bits per heavy atom. The molecule has 0 aliphatic rings. The smallest absolute Gasteiger partial charge is 0.355 e. The van der Waals surface area contributed by atoms with Gasteiger partial charge >= 0.3 is 5.97 Å². The van der Waals surface area contributed by atoms with Crippen LogP contribution in [0.5, 0.6) is 0 Å². The second-order valence-electron chi connectivity index (χ2n) is 3.91. The summed E-state index contributed by atoms with van der Waals surface area (Å²) in [7, 11) is 1.88. The summed E-state index contributed by atoms with van der Waals surface area (Å²) in [6.45, 7) is 4.15. The van der Waals surface area contributed by atoms with Crippen molar-refractivity contribution in [2.24, 2.45) is 7.05 Å². The largest absolute Gasteiger partial charge is 0.461 e. The minimum Gasteiger partial charge on any atom is -0.461 e. The van der Waals surface area contributed by atoms with Crippen molar-refractivity contribution in [3.05, 3.63) is 33.9 Å². The van der Waals surface area contributed by atoms with Crippen molar-refractivity contribution in [1.29, 1.82) is 0 Å². The molecule has 0 N–H and O–H groups in total. The average Bonchev–Trinajstić information content (AvgIpc) is 2.52. The molecule has 90 valence electrons. The lowest BCUT2D eigenvalue weighted by Crippen LogP contribution is -2.10. The zero-order valence-corrected chi connectivity index (χ0v) is 11.7. The summed E-state index contributed by atoms with van der Waals surface area (Å²) in [6, 6.07) is 5.99. The van der Waals surface area contributed by atoms with E-state index < -0.39 is 0 Å². The summed E-state index contributed by atoms with van der Waals surface area (Å²) >= 11 is 3.44. The summed E-state index contributed by atoms with van der Waals surface area (Å²) in [6.07, 6.45) is 0. The Bertz CT molecular complexity index is 587. The molecular weight excluding hydrogens is 282 g/mol. The molecule has 1 aromatic heterocycles. The molecule has 2 aromatic rings. The number of fused-ring (bicyclic) bond motifs is 1. The van der Waals surface area contributed by atoms with E-state index in [1.165, 1.54) is 0 Å². The van der Waals surface area contributed by atoms with Gasteiger partial charge in [0, 0.05) is 22.4 Å². The minimum atomic E-state index is -0.264. The third-order valence-corrected chi connectivity index (χ3v) is 3.38. The van der Waals surface area contributed by atoms with Crippen molar-refractivity contribution in [1.82, 2.24) is 4.57 Å². The normalized spacial score (nSPS) is 10.8. The van der Waals surface area contributed by atoms with Crippen LogP contribution in [-0.2, 0) is 11.8 Å². The number of esters is 1. The van der Waals surface area contributed by atoms with Crippen LogP contribution in [0.25, 0.3) is 10.9 Å². The number of benzene rings is 1. The first-order valence-electron chi connectivity index (χ1n) is 5.48. The Morgan fingerprint density at radius 3 is 2.82 bits per heavy atom. The van der Waals surface area contributed by atoms with Gasteiger partial charge < -0.3 is 9.30 Å². The number of aromatic nitrogens is 1. The number of ether oxygens (including phenoxy) is 1. The van der Waals surface area contributed by atoms with Crippen molar-refractivity contribution in [3.8, 4) is 0 Å². The minimum absolute atomic E-state index is 0.264. The Kier molecular flexibility index (Phi) is 3.24. The standard InChI is InChI=1S/C13H14BrNO2/c1-4-17-13(16)12-8(2)10-7-9(14)5-6-11(10)15(12)3/h5-7H,4H2,1-3H3. The Hall–Kier alpha value is -1.29. The molecule has 0 aliphatic carbocycles. The summed E-state index contributed by atoms with van der Waals surface area (Å²) in [5.74, 6) is -0.264. The second kappa shape index (κ2) is 4.53. The SMILES string of the molecule is CCOC(=O)c1c(C)c2cc(Br)ccc2n1C. The molecule has 0 bridgehead atoms. The summed E-state index contributed by atoms with van der Waals surface area (Å²) in [4.78, 5) is 11.9. The molecule has 0 saturated heterocycles. The van der Waals surface area contributed by atoms with E-state index in [0.29, 0.717) is 12.3 Å². The van der Waals surface area contributed by atoms with E-state index in [0.717, 1.165) is 20.9 Å². The fourth-order valence-corrected chi connectivity index (χ4v) is 2.45. The maximum atomic E-state index is 11.9. The van der Waals surface area contributed by atoms with Gasteiger partial charge in [-0.2, -0.15) is 0 Å². The van der Waals surface area contributed by atoms with Gasteiger partial charge in [0.2, 0.25) is 0 Å². The van der Waals surface area contributed by atoms with Crippen LogP contribution in [0.1, 0.15) is 23.0 Å². The average molecular weight is 296 g/mol. The van der Waals surface area contributed by atoms with Crippen LogP contribution >= 0.6 is 15.9 Å². The zero-order chi connectivity index (χ0) is 12.6. The Morgan fingerprint density at radius 2 is 2.18 bits per heavy atom. The number of hydrogen-bond acceptors (Lipinski definition) is 2. The van der Waals surface area contributed by atoms with Crippen LogP contribution in [0, 0.1) is 6.92 Å². The highest BCUT2D eigenvalue weighted by molar-refractivity contribution is 9.10. The fourth-order valence-electron chi connectivity index (χ4n) is 2.09. The lowest BCUT2D eigenvalue weighted by atomic mass is 10.1. The molecule has 1 aromatic carbocycles. The van der Waals surface area contributed by atoms with Gasteiger partial charge in [0.05, 0.1) is 6.61 Å². The van der Waals surface area contributed by atoms with Crippen molar-refractivity contribution in [2.45, 2.75) is 13.8 Å². The van der Waals surface area contributed by atoms with Gasteiger partial charge in [-0.15, -0.1) is 0 Å². The maximum absolute atomic E-state index is 11.9. The number of halogens is 1. The van der Waals surface area contributed by atoms with Gasteiger partial charge in [0.25, 0.3) is 0 Å². The first-order chi connectivity index (χ1) is 8.06. The molecule has 0 aliphatic heterocycles. The molecule has 0 unspecified atom stereocenters. The summed E-state index contributed by atoms with van der Waals surface area (Å²) < 4.78 is 7.97. The third-order valence-electron chi connectivity index (χ3n) is 2.88. The van der Waals surface area contributed by atoms with E-state index in [1.807, 2.05) is 43.7 Å². The number of carbonyl (C=O) groups is 1. The van der Waals surface area contributed by atoms with E-state index in [2.05, 4.69) is 15.9 Å². The summed E-state index contributed by atoms with van der Waals surface area (Å²) in [5, 5.41) is 1.07. The van der Waals surface area contributed by atoms with Gasteiger partial charge in [-0.1, -0.05) is 15.9 Å². The van der Waals surface area contributed by atoms with E-state index in [9.17, 15) is 4.79 Å². The van der Waals surface area contributed by atoms with Crippen molar-refractivity contribution < 1.29 is 9.53 Å². The Labute approximate surface area is 108 Å². The van der Waals surface area contributed by atoms with Crippen molar-refractivity contribution in [3.63, 3.8) is 0 Å². The predicted octanol–water partition coefficient (Wildman–Crippen LogP) is 3.43. The summed E-state index contributed by atoms with van der Waals surface area (Å²) in [5.41, 5.74) is 2.62. The molecule has 0 saturated carbocycles. The lowest BCUT2D eigenvalue weighted by molar-refractivity contribution is 0.0515. The fraction of sp³-hybridized carbons (Fsp3) is 0.308. The second-order valence-corrected chi connectivity index (χ2v) is 4.83. The van der Waals surface area contributed by atoms with Gasteiger partial charge in [0.15, 0.2) is 0 Å². The molecule has 0 atom stereocenters. The molecule has 17 heavy (non-hydrogen) atoms. The van der Waals surface area contributed by atoms with Gasteiger partial charge in [-0.25, -0.2) is 4.79 Å². The molecule has 0 spiro atoms. The number of aryl methyl sites for hydroxylation is 2. The van der Waals surface area contributed by atoms with Crippen LogP contribution in [0.15, 0.2) is 22.7 Å². The van der Waals surface area contributed by atoms with Crippen molar-refractivity contribution >= 4 is 32.8 Å². The van der Waals surface area contributed by atoms with E-state index in [-0.39, 0.29) is 5.97 Å². The first-order valence-corrected chi connectivity index (χ1v) is 6.27. The van der Waals surface area contributed by atoms with E-state index in [4.69, 9.17) is 4.74 Å². The van der Waals surface area contributed by atoms with Crippen molar-refractivity contribution in [2.75, 3.05) is 6.61 Å². The van der Waals surface area contributed by atoms with Crippen LogP contribution in [0.3, 0.4) is 0 Å². The lowest BCUT2D eigenvalue weighted by Gasteiger charge is -2.04. The zero-order valence-electron chi connectivity index (χ0n) is 10.1. The molecule has 3 nitrogen and oxygen atoms in total. The third kappa shape index (κ3) is 1.97. The highest BCUT2D eigenvalue weighted by atomic mass is 79.9. The van der Waals surface area contributed by atoms with Crippen LogP contribution in [-0.4, -0.2) is 17.1 Å². The number of carbonyl (C=O) groups excluding carboxylic acids is 1. The first kappa shape index (κ1) is 12.2. The number of nitrogens with zero attached hydrogens (tertiary/aromatic N) is 1. The van der Waals surface area contributed by atoms with Crippen LogP contribution < -0.4 is 0 Å². The highest BCUT2D eigenvalue weighted by Gasteiger charge is 2.19.